The lowest BCUT2D eigenvalue weighted by Crippen LogP contribution is -1.98. The number of hydrogen-bond acceptors (Lipinski definition) is 4. The normalized spacial score (nSPS) is 10.7. The highest BCUT2D eigenvalue weighted by molar-refractivity contribution is 5.86. The van der Waals surface area contributed by atoms with Crippen LogP contribution in [0.1, 0.15) is 18.4 Å². The number of esters is 1. The molecule has 0 saturated carbocycles. The molecule has 0 unspecified atom stereocenters. The van der Waals surface area contributed by atoms with Gasteiger partial charge in [0.05, 0.1) is 6.61 Å². The Labute approximate surface area is 81.8 Å². The van der Waals surface area contributed by atoms with Crippen molar-refractivity contribution < 1.29 is 19.1 Å². The molecule has 1 heterocycles. The van der Waals surface area contributed by atoms with Crippen LogP contribution < -0.4 is 0 Å². The molecule has 0 aliphatic rings. The summed E-state index contributed by atoms with van der Waals surface area (Å²) >= 11 is 0. The van der Waals surface area contributed by atoms with Gasteiger partial charge in [-0.2, -0.15) is 0 Å². The zero-order valence-corrected chi connectivity index (χ0v) is 7.90. The molecule has 0 aliphatic heterocycles. The van der Waals surface area contributed by atoms with Gasteiger partial charge in [0.25, 0.3) is 0 Å². The van der Waals surface area contributed by atoms with Gasteiger partial charge < -0.3 is 14.3 Å². The first-order chi connectivity index (χ1) is 6.76. The molecule has 0 aliphatic carbocycles. The Balaban J connectivity index is 2.55. The maximum atomic E-state index is 10.9. The summed E-state index contributed by atoms with van der Waals surface area (Å²) in [5, 5.41) is 8.70. The SMILES string of the molecule is CCOC(=O)/C=C/c1ccc(CO)o1. The fourth-order valence-corrected chi connectivity index (χ4v) is 0.910. The highest BCUT2D eigenvalue weighted by Gasteiger charge is 1.98. The van der Waals surface area contributed by atoms with E-state index in [0.29, 0.717) is 18.1 Å². The maximum Gasteiger partial charge on any atom is 0.330 e. The van der Waals surface area contributed by atoms with Crippen molar-refractivity contribution in [2.24, 2.45) is 0 Å². The molecule has 1 aromatic rings. The van der Waals surface area contributed by atoms with Crippen LogP contribution in [0, 0.1) is 0 Å². The van der Waals surface area contributed by atoms with Crippen molar-refractivity contribution in [3.63, 3.8) is 0 Å². The molecule has 4 heteroatoms. The van der Waals surface area contributed by atoms with Gasteiger partial charge in [-0.3, -0.25) is 0 Å². The van der Waals surface area contributed by atoms with Crippen LogP contribution in [0.2, 0.25) is 0 Å². The van der Waals surface area contributed by atoms with E-state index >= 15 is 0 Å². The first-order valence-corrected chi connectivity index (χ1v) is 4.30. The van der Waals surface area contributed by atoms with E-state index in [1.165, 1.54) is 12.2 Å². The lowest BCUT2D eigenvalue weighted by atomic mass is 10.4. The average Bonchev–Trinajstić information content (AvgIpc) is 2.63. The van der Waals surface area contributed by atoms with Gasteiger partial charge in [0.15, 0.2) is 0 Å². The van der Waals surface area contributed by atoms with Crippen LogP contribution in [0.5, 0.6) is 0 Å². The van der Waals surface area contributed by atoms with Crippen molar-refractivity contribution in [3.8, 4) is 0 Å². The first-order valence-electron chi connectivity index (χ1n) is 4.30. The number of furan rings is 1. The van der Waals surface area contributed by atoms with Crippen LogP contribution in [0.4, 0.5) is 0 Å². The van der Waals surface area contributed by atoms with Gasteiger partial charge >= 0.3 is 5.97 Å². The number of aliphatic hydroxyl groups is 1. The van der Waals surface area contributed by atoms with Crippen LogP contribution in [0.15, 0.2) is 22.6 Å². The Morgan fingerprint density at radius 2 is 2.43 bits per heavy atom. The molecule has 0 saturated heterocycles. The Morgan fingerprint density at radius 1 is 1.64 bits per heavy atom. The number of carbonyl (C=O) groups excluding carboxylic acids is 1. The van der Waals surface area contributed by atoms with E-state index in [9.17, 15) is 4.79 Å². The molecule has 0 fully saturated rings. The topological polar surface area (TPSA) is 59.7 Å². The minimum absolute atomic E-state index is 0.146. The van der Waals surface area contributed by atoms with E-state index in [-0.39, 0.29) is 6.61 Å². The maximum absolute atomic E-state index is 10.9. The summed E-state index contributed by atoms with van der Waals surface area (Å²) in [5.41, 5.74) is 0. The lowest BCUT2D eigenvalue weighted by molar-refractivity contribution is -0.137. The summed E-state index contributed by atoms with van der Waals surface area (Å²) in [6, 6.07) is 3.31. The summed E-state index contributed by atoms with van der Waals surface area (Å²) < 4.78 is 9.80. The van der Waals surface area contributed by atoms with Crippen molar-refractivity contribution in [2.75, 3.05) is 6.61 Å². The van der Waals surface area contributed by atoms with Crippen molar-refractivity contribution in [1.29, 1.82) is 0 Å². The average molecular weight is 196 g/mol. The molecule has 0 atom stereocenters. The van der Waals surface area contributed by atoms with Crippen molar-refractivity contribution >= 4 is 12.0 Å². The third kappa shape index (κ3) is 3.06. The summed E-state index contributed by atoms with van der Waals surface area (Å²) in [5.74, 6) is 0.574. The second kappa shape index (κ2) is 5.24. The highest BCUT2D eigenvalue weighted by atomic mass is 16.5. The quantitative estimate of drug-likeness (QED) is 0.583. The monoisotopic (exact) mass is 196 g/mol. The zero-order valence-electron chi connectivity index (χ0n) is 7.90. The Morgan fingerprint density at radius 3 is 3.00 bits per heavy atom. The number of hydrogen-bond donors (Lipinski definition) is 1. The van der Waals surface area contributed by atoms with Gasteiger partial charge in [-0.1, -0.05) is 0 Å². The minimum atomic E-state index is -0.408. The van der Waals surface area contributed by atoms with Gasteiger partial charge in [0.2, 0.25) is 0 Å². The second-order valence-electron chi connectivity index (χ2n) is 2.55. The van der Waals surface area contributed by atoms with Crippen molar-refractivity contribution in [1.82, 2.24) is 0 Å². The summed E-state index contributed by atoms with van der Waals surface area (Å²) in [7, 11) is 0. The van der Waals surface area contributed by atoms with Crippen LogP contribution >= 0.6 is 0 Å². The third-order valence-electron chi connectivity index (χ3n) is 1.51. The van der Waals surface area contributed by atoms with E-state index in [4.69, 9.17) is 9.52 Å². The van der Waals surface area contributed by atoms with E-state index in [1.54, 1.807) is 19.1 Å². The molecule has 1 aromatic heterocycles. The van der Waals surface area contributed by atoms with E-state index < -0.39 is 5.97 Å². The smallest absolute Gasteiger partial charge is 0.330 e. The van der Waals surface area contributed by atoms with Crippen molar-refractivity contribution in [3.05, 3.63) is 29.7 Å². The highest BCUT2D eigenvalue weighted by Crippen LogP contribution is 2.09. The summed E-state index contributed by atoms with van der Waals surface area (Å²) in [4.78, 5) is 10.9. The number of carbonyl (C=O) groups is 1. The molecule has 0 aromatic carbocycles. The van der Waals surface area contributed by atoms with Crippen molar-refractivity contribution in [2.45, 2.75) is 13.5 Å². The van der Waals surface area contributed by atoms with Gasteiger partial charge in [0.1, 0.15) is 18.1 Å². The Hall–Kier alpha value is -1.55. The summed E-state index contributed by atoms with van der Waals surface area (Å²) in [6.07, 6.45) is 2.78. The van der Waals surface area contributed by atoms with Crippen LogP contribution in [-0.2, 0) is 16.1 Å². The zero-order chi connectivity index (χ0) is 10.4. The number of rotatable bonds is 4. The fourth-order valence-electron chi connectivity index (χ4n) is 0.910. The lowest BCUT2D eigenvalue weighted by Gasteiger charge is -1.93. The molecule has 0 amide bonds. The van der Waals surface area contributed by atoms with E-state index in [0.717, 1.165) is 0 Å². The fraction of sp³-hybridized carbons (Fsp3) is 0.300. The molecular formula is C10H12O4. The Kier molecular flexibility index (Phi) is 3.94. The van der Waals surface area contributed by atoms with Gasteiger partial charge in [-0.15, -0.1) is 0 Å². The third-order valence-corrected chi connectivity index (χ3v) is 1.51. The number of aliphatic hydroxyl groups excluding tert-OH is 1. The molecular weight excluding hydrogens is 184 g/mol. The first kappa shape index (κ1) is 10.5. The second-order valence-corrected chi connectivity index (χ2v) is 2.55. The predicted octanol–water partition coefficient (Wildman–Crippen LogP) is 1.35. The molecule has 76 valence electrons. The molecule has 0 spiro atoms. The molecule has 0 bridgehead atoms. The van der Waals surface area contributed by atoms with Crippen LogP contribution in [0.25, 0.3) is 6.08 Å². The Bertz CT molecular complexity index is 325. The van der Waals surface area contributed by atoms with Gasteiger partial charge in [0, 0.05) is 6.08 Å². The molecule has 1 rings (SSSR count). The van der Waals surface area contributed by atoms with Gasteiger partial charge in [-0.25, -0.2) is 4.79 Å². The molecule has 14 heavy (non-hydrogen) atoms. The minimum Gasteiger partial charge on any atom is -0.463 e. The largest absolute Gasteiger partial charge is 0.463 e. The number of ether oxygens (including phenoxy) is 1. The molecule has 1 N–H and O–H groups in total. The predicted molar refractivity (Wildman–Crippen MR) is 50.3 cm³/mol. The summed E-state index contributed by atoms with van der Waals surface area (Å²) in [6.45, 7) is 1.94. The van der Waals surface area contributed by atoms with Crippen LogP contribution in [-0.4, -0.2) is 17.7 Å². The van der Waals surface area contributed by atoms with E-state index in [2.05, 4.69) is 4.74 Å². The van der Waals surface area contributed by atoms with Gasteiger partial charge in [-0.05, 0) is 25.1 Å². The standard InChI is InChI=1S/C10H12O4/c1-2-13-10(12)6-5-8-3-4-9(7-11)14-8/h3-6,11H,2,7H2,1H3/b6-5+. The molecule has 4 nitrogen and oxygen atoms in total. The van der Waals surface area contributed by atoms with Crippen LogP contribution in [0.3, 0.4) is 0 Å². The molecule has 0 radical (unpaired) electrons. The van der Waals surface area contributed by atoms with E-state index in [1.807, 2.05) is 0 Å².